The third-order valence-electron chi connectivity index (χ3n) is 4.66. The number of rotatable bonds is 4. The van der Waals surface area contributed by atoms with Crippen molar-refractivity contribution < 1.29 is 23.8 Å². The van der Waals surface area contributed by atoms with Gasteiger partial charge in [0.15, 0.2) is 11.6 Å². The molecule has 1 saturated heterocycles. The Hall–Kier alpha value is -3.17. The normalized spacial score (nSPS) is 14.4. The fourth-order valence-electron chi connectivity index (χ4n) is 3.21. The Kier molecular flexibility index (Phi) is 5.48. The number of pyridine rings is 2. The van der Waals surface area contributed by atoms with E-state index in [1.54, 1.807) is 23.6 Å². The van der Waals surface area contributed by atoms with Crippen molar-refractivity contribution in [2.75, 3.05) is 37.7 Å². The lowest BCUT2D eigenvalue weighted by Crippen LogP contribution is -2.49. The molecule has 3 heterocycles. The molecule has 0 atom stereocenters. The van der Waals surface area contributed by atoms with Gasteiger partial charge in [0.25, 0.3) is 0 Å². The molecule has 1 N–H and O–H groups in total. The average molecular weight is 392 g/mol. The summed E-state index contributed by atoms with van der Waals surface area (Å²) in [5, 5.41) is 9.13. The summed E-state index contributed by atoms with van der Waals surface area (Å²) in [5.74, 6) is -2.01. The molecule has 0 spiro atoms. The van der Waals surface area contributed by atoms with E-state index in [2.05, 4.69) is 4.98 Å². The third kappa shape index (κ3) is 3.49. The van der Waals surface area contributed by atoms with Crippen LogP contribution in [0.1, 0.15) is 24.2 Å². The molecule has 0 radical (unpaired) electrons. The van der Waals surface area contributed by atoms with Gasteiger partial charge in [-0.2, -0.15) is 0 Å². The van der Waals surface area contributed by atoms with Crippen molar-refractivity contribution in [3.63, 3.8) is 0 Å². The van der Waals surface area contributed by atoms with Crippen LogP contribution in [0.15, 0.2) is 17.1 Å². The van der Waals surface area contributed by atoms with Gasteiger partial charge < -0.3 is 24.2 Å². The molecule has 1 fully saturated rings. The first-order valence-electron chi connectivity index (χ1n) is 9.01. The molecule has 3 rings (SSSR count). The first-order chi connectivity index (χ1) is 13.4. The summed E-state index contributed by atoms with van der Waals surface area (Å²) >= 11 is 0. The molecule has 0 aliphatic carbocycles. The number of aryl methyl sites for hydroxylation is 1. The number of ether oxygens (including phenoxy) is 1. The molecule has 0 bridgehead atoms. The van der Waals surface area contributed by atoms with Gasteiger partial charge >= 0.3 is 12.1 Å². The number of amides is 1. The van der Waals surface area contributed by atoms with Gasteiger partial charge in [-0.3, -0.25) is 4.79 Å². The Balaban J connectivity index is 1.97. The summed E-state index contributed by atoms with van der Waals surface area (Å²) < 4.78 is 21.2. The molecule has 0 unspecified atom stereocenters. The van der Waals surface area contributed by atoms with Gasteiger partial charge in [0, 0.05) is 38.9 Å². The minimum atomic E-state index is -1.37. The maximum Gasteiger partial charge on any atom is 0.409 e. The Morgan fingerprint density at radius 2 is 1.93 bits per heavy atom. The molecular weight excluding hydrogens is 371 g/mol. The summed E-state index contributed by atoms with van der Waals surface area (Å²) in [6, 6.07) is 1.04. The monoisotopic (exact) mass is 392 g/mol. The maximum absolute atomic E-state index is 14.7. The SMILES string of the molecule is CCOC(=O)N1CCN(c2nc3c(cc2F)c(=O)c(C(=O)O)cn3CC)CC1. The summed E-state index contributed by atoms with van der Waals surface area (Å²) in [7, 11) is 0. The molecule has 10 heteroatoms. The average Bonchev–Trinajstić information content (AvgIpc) is 2.68. The van der Waals surface area contributed by atoms with Gasteiger partial charge in [0.1, 0.15) is 11.2 Å². The van der Waals surface area contributed by atoms with Crippen molar-refractivity contribution in [1.82, 2.24) is 14.5 Å². The van der Waals surface area contributed by atoms with E-state index < -0.39 is 28.9 Å². The largest absolute Gasteiger partial charge is 0.477 e. The Morgan fingerprint density at radius 3 is 2.50 bits per heavy atom. The smallest absolute Gasteiger partial charge is 0.409 e. The van der Waals surface area contributed by atoms with E-state index in [9.17, 15) is 23.9 Å². The van der Waals surface area contributed by atoms with Crippen LogP contribution in [0.2, 0.25) is 0 Å². The molecule has 28 heavy (non-hydrogen) atoms. The van der Waals surface area contributed by atoms with Gasteiger partial charge in [0.2, 0.25) is 5.43 Å². The number of hydrogen-bond donors (Lipinski definition) is 1. The van der Waals surface area contributed by atoms with Crippen molar-refractivity contribution in [3.8, 4) is 0 Å². The predicted octanol–water partition coefficient (Wildman–Crippen LogP) is 1.53. The van der Waals surface area contributed by atoms with Crippen LogP contribution in [0.4, 0.5) is 15.0 Å². The fraction of sp³-hybridized carbons (Fsp3) is 0.444. The van der Waals surface area contributed by atoms with Crippen LogP contribution < -0.4 is 10.3 Å². The van der Waals surface area contributed by atoms with Crippen LogP contribution in [-0.4, -0.2) is 64.4 Å². The minimum absolute atomic E-state index is 0.0701. The number of aromatic carboxylic acids is 1. The number of anilines is 1. The summed E-state index contributed by atoms with van der Waals surface area (Å²) in [5.41, 5.74) is -0.967. The van der Waals surface area contributed by atoms with Crippen LogP contribution >= 0.6 is 0 Å². The molecule has 2 aromatic rings. The number of carbonyl (C=O) groups is 2. The molecular formula is C18H21FN4O5. The first-order valence-corrected chi connectivity index (χ1v) is 9.01. The lowest BCUT2D eigenvalue weighted by Gasteiger charge is -2.34. The van der Waals surface area contributed by atoms with Gasteiger partial charge in [0.05, 0.1) is 12.0 Å². The number of hydrogen-bond acceptors (Lipinski definition) is 6. The van der Waals surface area contributed by atoms with Gasteiger partial charge in [-0.15, -0.1) is 0 Å². The Bertz CT molecular complexity index is 982. The van der Waals surface area contributed by atoms with E-state index in [1.165, 1.54) is 10.8 Å². The minimum Gasteiger partial charge on any atom is -0.477 e. The third-order valence-corrected chi connectivity index (χ3v) is 4.66. The summed E-state index contributed by atoms with van der Waals surface area (Å²) in [6.07, 6.45) is 0.815. The Morgan fingerprint density at radius 1 is 1.25 bits per heavy atom. The zero-order chi connectivity index (χ0) is 20.4. The molecule has 150 valence electrons. The number of fused-ring (bicyclic) bond motifs is 1. The second-order valence-corrected chi connectivity index (χ2v) is 6.30. The number of piperazine rings is 1. The van der Waals surface area contributed by atoms with E-state index in [0.29, 0.717) is 32.7 Å². The molecule has 1 aliphatic heterocycles. The second-order valence-electron chi connectivity index (χ2n) is 6.30. The molecule has 9 nitrogen and oxygen atoms in total. The Labute approximate surface area is 159 Å². The standard InChI is InChI=1S/C18H21FN4O5/c1-3-21-10-12(17(25)26)14(24)11-9-13(19)16(20-15(11)21)22-5-7-23(8-6-22)18(27)28-4-2/h9-10H,3-8H2,1-2H3,(H,25,26). The lowest BCUT2D eigenvalue weighted by molar-refractivity contribution is 0.0694. The highest BCUT2D eigenvalue weighted by atomic mass is 19.1. The van der Waals surface area contributed by atoms with E-state index in [1.807, 2.05) is 0 Å². The van der Waals surface area contributed by atoms with E-state index in [0.717, 1.165) is 6.07 Å². The highest BCUT2D eigenvalue weighted by Crippen LogP contribution is 2.23. The topological polar surface area (TPSA) is 105 Å². The van der Waals surface area contributed by atoms with Crippen LogP contribution in [0.5, 0.6) is 0 Å². The van der Waals surface area contributed by atoms with Crippen molar-refractivity contribution in [1.29, 1.82) is 0 Å². The zero-order valence-electron chi connectivity index (χ0n) is 15.6. The highest BCUT2D eigenvalue weighted by Gasteiger charge is 2.26. The van der Waals surface area contributed by atoms with Gasteiger partial charge in [-0.25, -0.2) is 19.0 Å². The molecule has 1 aliphatic rings. The fourth-order valence-corrected chi connectivity index (χ4v) is 3.21. The lowest BCUT2D eigenvalue weighted by atomic mass is 10.2. The molecule has 0 saturated carbocycles. The molecule has 2 aromatic heterocycles. The number of carbonyl (C=O) groups excluding carboxylic acids is 1. The number of nitrogens with zero attached hydrogens (tertiary/aromatic N) is 4. The van der Waals surface area contributed by atoms with Crippen molar-refractivity contribution in [2.45, 2.75) is 20.4 Å². The quantitative estimate of drug-likeness (QED) is 0.841. The van der Waals surface area contributed by atoms with Crippen LogP contribution in [-0.2, 0) is 11.3 Å². The maximum atomic E-state index is 14.7. The first kappa shape index (κ1) is 19.6. The molecule has 1 amide bonds. The van der Waals surface area contributed by atoms with Crippen molar-refractivity contribution >= 4 is 28.9 Å². The van der Waals surface area contributed by atoms with E-state index >= 15 is 0 Å². The highest BCUT2D eigenvalue weighted by molar-refractivity contribution is 5.92. The second kappa shape index (κ2) is 7.83. The van der Waals surface area contributed by atoms with Crippen molar-refractivity contribution in [3.05, 3.63) is 33.9 Å². The molecule has 0 aromatic carbocycles. The van der Waals surface area contributed by atoms with Crippen LogP contribution in [0.3, 0.4) is 0 Å². The van der Waals surface area contributed by atoms with E-state index in [4.69, 9.17) is 4.74 Å². The van der Waals surface area contributed by atoms with Crippen LogP contribution in [0, 0.1) is 5.82 Å². The predicted molar refractivity (Wildman–Crippen MR) is 99.4 cm³/mol. The number of carboxylic acid groups (broad SMARTS) is 1. The van der Waals surface area contributed by atoms with E-state index in [-0.39, 0.29) is 23.5 Å². The van der Waals surface area contributed by atoms with Gasteiger partial charge in [-0.1, -0.05) is 0 Å². The van der Waals surface area contributed by atoms with Crippen LogP contribution in [0.25, 0.3) is 11.0 Å². The summed E-state index contributed by atoms with van der Waals surface area (Å²) in [6.45, 7) is 5.59. The number of aromatic nitrogens is 2. The summed E-state index contributed by atoms with van der Waals surface area (Å²) in [4.78, 5) is 43.0. The number of carboxylic acids is 1. The number of halogens is 1. The van der Waals surface area contributed by atoms with Crippen molar-refractivity contribution in [2.24, 2.45) is 0 Å². The van der Waals surface area contributed by atoms with Gasteiger partial charge in [-0.05, 0) is 19.9 Å². The zero-order valence-corrected chi connectivity index (χ0v) is 15.6.